The van der Waals surface area contributed by atoms with Crippen molar-refractivity contribution in [1.29, 1.82) is 0 Å². The van der Waals surface area contributed by atoms with Gasteiger partial charge in [-0.1, -0.05) is 0 Å². The molecule has 2 aromatic rings. The Balaban J connectivity index is 2.45. The molecule has 0 saturated heterocycles. The summed E-state index contributed by atoms with van der Waals surface area (Å²) < 4.78 is 18.2. The van der Waals surface area contributed by atoms with Crippen molar-refractivity contribution in [2.24, 2.45) is 0 Å². The van der Waals surface area contributed by atoms with E-state index in [0.29, 0.717) is 0 Å². The summed E-state index contributed by atoms with van der Waals surface area (Å²) in [5, 5.41) is 8.68. The number of aliphatic carboxylic acids is 1. The average molecular weight is 236 g/mol. The Morgan fingerprint density at radius 1 is 1.35 bits per heavy atom. The van der Waals surface area contributed by atoms with Crippen LogP contribution < -0.4 is 5.43 Å². The van der Waals surface area contributed by atoms with E-state index in [4.69, 9.17) is 9.52 Å². The molecule has 0 saturated carbocycles. The summed E-state index contributed by atoms with van der Waals surface area (Å²) in [6, 6.07) is 4.84. The fourth-order valence-corrected chi connectivity index (χ4v) is 1.53. The van der Waals surface area contributed by atoms with Gasteiger partial charge in [-0.25, -0.2) is 4.39 Å². The second-order valence-corrected chi connectivity index (χ2v) is 3.61. The molecule has 0 spiro atoms. The van der Waals surface area contributed by atoms with Crippen LogP contribution in [0.2, 0.25) is 0 Å². The summed E-state index contributed by atoms with van der Waals surface area (Å²) >= 11 is 0. The lowest BCUT2D eigenvalue weighted by Crippen LogP contribution is -2.04. The normalized spacial score (nSPS) is 10.6. The highest BCUT2D eigenvalue weighted by Gasteiger charge is 2.07. The number of halogens is 1. The van der Waals surface area contributed by atoms with Gasteiger partial charge in [-0.2, -0.15) is 0 Å². The van der Waals surface area contributed by atoms with Crippen molar-refractivity contribution in [1.82, 2.24) is 0 Å². The quantitative estimate of drug-likeness (QED) is 0.884. The van der Waals surface area contributed by atoms with Crippen molar-refractivity contribution in [3.63, 3.8) is 0 Å². The first-order valence-electron chi connectivity index (χ1n) is 5.00. The predicted octanol–water partition coefficient (Wildman–Crippen LogP) is 1.95. The summed E-state index contributed by atoms with van der Waals surface area (Å²) in [6.45, 7) is 0. The second kappa shape index (κ2) is 4.37. The monoisotopic (exact) mass is 236 g/mol. The molecule has 5 heteroatoms. The van der Waals surface area contributed by atoms with Crippen LogP contribution in [0.1, 0.15) is 12.2 Å². The third-order valence-electron chi connectivity index (χ3n) is 2.33. The van der Waals surface area contributed by atoms with Crippen LogP contribution in [0.15, 0.2) is 33.5 Å². The van der Waals surface area contributed by atoms with E-state index in [0.717, 1.165) is 6.07 Å². The van der Waals surface area contributed by atoms with Gasteiger partial charge in [-0.05, 0) is 18.2 Å². The zero-order valence-electron chi connectivity index (χ0n) is 8.77. The van der Waals surface area contributed by atoms with Gasteiger partial charge in [-0.15, -0.1) is 0 Å². The third kappa shape index (κ3) is 2.50. The number of fused-ring (bicyclic) bond motifs is 1. The highest BCUT2D eigenvalue weighted by molar-refractivity contribution is 5.76. The molecule has 0 aliphatic heterocycles. The number of carboxylic acids is 1. The van der Waals surface area contributed by atoms with E-state index in [-0.39, 0.29) is 35.0 Å². The Morgan fingerprint density at radius 2 is 2.12 bits per heavy atom. The van der Waals surface area contributed by atoms with Crippen LogP contribution in [0.3, 0.4) is 0 Å². The predicted molar refractivity (Wildman–Crippen MR) is 58.4 cm³/mol. The molecular weight excluding hydrogens is 227 g/mol. The minimum Gasteiger partial charge on any atom is -0.481 e. The number of carboxylic acid groups (broad SMARTS) is 1. The largest absolute Gasteiger partial charge is 0.481 e. The Hall–Kier alpha value is -2.17. The van der Waals surface area contributed by atoms with Crippen molar-refractivity contribution >= 4 is 16.9 Å². The maximum Gasteiger partial charge on any atom is 0.303 e. The fraction of sp³-hybridized carbons (Fsp3) is 0.167. The Kier molecular flexibility index (Phi) is 2.91. The zero-order chi connectivity index (χ0) is 12.4. The van der Waals surface area contributed by atoms with Crippen molar-refractivity contribution in [3.8, 4) is 0 Å². The smallest absolute Gasteiger partial charge is 0.303 e. The fourth-order valence-electron chi connectivity index (χ4n) is 1.53. The number of carbonyl (C=O) groups is 1. The molecule has 1 N–H and O–H groups in total. The summed E-state index contributed by atoms with van der Waals surface area (Å²) in [7, 11) is 0. The Bertz CT molecular complexity index is 630. The highest BCUT2D eigenvalue weighted by atomic mass is 19.1. The van der Waals surface area contributed by atoms with Crippen molar-refractivity contribution in [2.45, 2.75) is 12.8 Å². The lowest BCUT2D eigenvalue weighted by atomic mass is 10.2. The van der Waals surface area contributed by atoms with E-state index in [1.54, 1.807) is 0 Å². The van der Waals surface area contributed by atoms with E-state index in [1.165, 1.54) is 18.2 Å². The molecule has 0 radical (unpaired) electrons. The van der Waals surface area contributed by atoms with Crippen molar-refractivity contribution in [3.05, 3.63) is 46.1 Å². The number of benzene rings is 1. The average Bonchev–Trinajstić information content (AvgIpc) is 2.27. The van der Waals surface area contributed by atoms with Crippen LogP contribution in [0.25, 0.3) is 11.0 Å². The topological polar surface area (TPSA) is 67.5 Å². The highest BCUT2D eigenvalue weighted by Crippen LogP contribution is 2.14. The molecule has 0 aliphatic carbocycles. The van der Waals surface area contributed by atoms with Crippen LogP contribution in [-0.2, 0) is 11.2 Å². The van der Waals surface area contributed by atoms with Gasteiger partial charge >= 0.3 is 5.97 Å². The first-order chi connectivity index (χ1) is 8.06. The minimum atomic E-state index is -0.966. The third-order valence-corrected chi connectivity index (χ3v) is 2.33. The number of hydrogen-bond acceptors (Lipinski definition) is 3. The molecule has 0 fully saturated rings. The Labute approximate surface area is 95.3 Å². The van der Waals surface area contributed by atoms with Gasteiger partial charge in [0, 0.05) is 12.5 Å². The molecule has 0 aliphatic rings. The van der Waals surface area contributed by atoms with Gasteiger partial charge in [-0.3, -0.25) is 9.59 Å². The molecule has 1 aromatic carbocycles. The standard InChI is InChI=1S/C12H9FO4/c13-7-1-3-11-9(5-7)10(14)6-8(17-11)2-4-12(15)16/h1,3,5-6H,2,4H2,(H,15,16). The lowest BCUT2D eigenvalue weighted by molar-refractivity contribution is -0.137. The summed E-state index contributed by atoms with van der Waals surface area (Å²) in [4.78, 5) is 22.0. The van der Waals surface area contributed by atoms with Crippen LogP contribution in [0.4, 0.5) is 4.39 Å². The summed E-state index contributed by atoms with van der Waals surface area (Å²) in [5.41, 5.74) is -0.106. The van der Waals surface area contributed by atoms with Crippen LogP contribution in [0, 0.1) is 5.82 Å². The molecule has 4 nitrogen and oxygen atoms in total. The van der Waals surface area contributed by atoms with Gasteiger partial charge in [0.2, 0.25) is 0 Å². The van der Waals surface area contributed by atoms with Gasteiger partial charge in [0.05, 0.1) is 11.8 Å². The maximum atomic E-state index is 12.9. The van der Waals surface area contributed by atoms with E-state index >= 15 is 0 Å². The maximum absolute atomic E-state index is 12.9. The van der Waals surface area contributed by atoms with Crippen molar-refractivity contribution in [2.75, 3.05) is 0 Å². The molecule has 0 unspecified atom stereocenters. The molecule has 0 atom stereocenters. The molecule has 0 amide bonds. The molecule has 17 heavy (non-hydrogen) atoms. The van der Waals surface area contributed by atoms with E-state index in [2.05, 4.69) is 0 Å². The first kappa shape index (κ1) is 11.3. The van der Waals surface area contributed by atoms with Crippen LogP contribution >= 0.6 is 0 Å². The number of aryl methyl sites for hydroxylation is 1. The van der Waals surface area contributed by atoms with E-state index in [9.17, 15) is 14.0 Å². The second-order valence-electron chi connectivity index (χ2n) is 3.61. The van der Waals surface area contributed by atoms with E-state index < -0.39 is 11.8 Å². The minimum absolute atomic E-state index is 0.115. The zero-order valence-corrected chi connectivity index (χ0v) is 8.77. The number of rotatable bonds is 3. The van der Waals surface area contributed by atoms with Gasteiger partial charge in [0.1, 0.15) is 17.2 Å². The molecule has 0 bridgehead atoms. The van der Waals surface area contributed by atoms with Gasteiger partial charge in [0.25, 0.3) is 0 Å². The Morgan fingerprint density at radius 3 is 2.82 bits per heavy atom. The SMILES string of the molecule is O=C(O)CCc1cc(=O)c2cc(F)ccc2o1. The van der Waals surface area contributed by atoms with Crippen LogP contribution in [-0.4, -0.2) is 11.1 Å². The van der Waals surface area contributed by atoms with Gasteiger partial charge < -0.3 is 9.52 Å². The van der Waals surface area contributed by atoms with Gasteiger partial charge in [0.15, 0.2) is 5.43 Å². The van der Waals surface area contributed by atoms with E-state index in [1.807, 2.05) is 0 Å². The molecule has 1 aromatic heterocycles. The lowest BCUT2D eigenvalue weighted by Gasteiger charge is -2.01. The summed E-state index contributed by atoms with van der Waals surface area (Å²) in [6.07, 6.45) is 0.0214. The molecule has 1 heterocycles. The number of hydrogen-bond donors (Lipinski definition) is 1. The summed E-state index contributed by atoms with van der Waals surface area (Å²) in [5.74, 6) is -1.19. The molecule has 2 rings (SSSR count). The molecule has 88 valence electrons. The van der Waals surface area contributed by atoms with Crippen molar-refractivity contribution < 1.29 is 18.7 Å². The van der Waals surface area contributed by atoms with Crippen LogP contribution in [0.5, 0.6) is 0 Å². The molecular formula is C12H9FO4. The first-order valence-corrected chi connectivity index (χ1v) is 5.00.